The van der Waals surface area contributed by atoms with E-state index in [1.165, 1.54) is 29.8 Å². The molecule has 1 fully saturated rings. The molecule has 2 atom stereocenters. The molecule has 3 nitrogen and oxygen atoms in total. The Kier molecular flexibility index (Phi) is 5.03. The maximum Gasteiger partial charge on any atom is 0.131 e. The number of pyridine rings is 1. The average molecular weight is 275 g/mol. The molecule has 1 aliphatic rings. The zero-order valence-electron chi connectivity index (χ0n) is 13.6. The molecule has 0 radical (unpaired) electrons. The number of nitrogens with zero attached hydrogens (tertiary/aromatic N) is 2. The Balaban J connectivity index is 2.12. The Bertz CT molecular complexity index is 442. The summed E-state index contributed by atoms with van der Waals surface area (Å²) in [5.41, 5.74) is 2.58. The van der Waals surface area contributed by atoms with Crippen molar-refractivity contribution in [2.24, 2.45) is 5.92 Å². The van der Waals surface area contributed by atoms with E-state index in [4.69, 9.17) is 4.98 Å². The molecule has 20 heavy (non-hydrogen) atoms. The fraction of sp³-hybridized carbons (Fsp3) is 0.706. The third-order valence-corrected chi connectivity index (χ3v) is 4.21. The van der Waals surface area contributed by atoms with Crippen LogP contribution in [-0.2, 0) is 6.54 Å². The van der Waals surface area contributed by atoms with Crippen molar-refractivity contribution in [3.63, 3.8) is 0 Å². The summed E-state index contributed by atoms with van der Waals surface area (Å²) in [6, 6.07) is 3.40. The van der Waals surface area contributed by atoms with Gasteiger partial charge in [0.2, 0.25) is 0 Å². The van der Waals surface area contributed by atoms with E-state index in [-0.39, 0.29) is 0 Å². The number of piperidine rings is 1. The van der Waals surface area contributed by atoms with Crippen LogP contribution in [0.1, 0.15) is 51.7 Å². The molecule has 112 valence electrons. The SMILES string of the molecule is Cc1cc(CNC(C)C)cnc1N1CC(C)CCC1C. The average Bonchev–Trinajstić information content (AvgIpc) is 2.39. The maximum atomic E-state index is 4.75. The van der Waals surface area contributed by atoms with Crippen LogP contribution in [0.2, 0.25) is 0 Å². The minimum atomic E-state index is 0.512. The molecular formula is C17H29N3. The third kappa shape index (κ3) is 3.72. The van der Waals surface area contributed by atoms with Gasteiger partial charge in [-0.3, -0.25) is 0 Å². The van der Waals surface area contributed by atoms with E-state index in [0.717, 1.165) is 19.0 Å². The van der Waals surface area contributed by atoms with E-state index < -0.39 is 0 Å². The molecule has 2 rings (SSSR count). The zero-order chi connectivity index (χ0) is 14.7. The van der Waals surface area contributed by atoms with Crippen LogP contribution in [0, 0.1) is 12.8 Å². The number of hydrogen-bond acceptors (Lipinski definition) is 3. The van der Waals surface area contributed by atoms with Crippen LogP contribution in [0.3, 0.4) is 0 Å². The Morgan fingerprint density at radius 1 is 1.35 bits per heavy atom. The number of hydrogen-bond donors (Lipinski definition) is 1. The van der Waals surface area contributed by atoms with E-state index >= 15 is 0 Å². The first-order valence-electron chi connectivity index (χ1n) is 7.93. The predicted molar refractivity (Wildman–Crippen MR) is 86.2 cm³/mol. The maximum absolute atomic E-state index is 4.75. The van der Waals surface area contributed by atoms with Crippen molar-refractivity contribution in [1.82, 2.24) is 10.3 Å². The molecule has 0 aromatic carbocycles. The molecule has 0 spiro atoms. The summed E-state index contributed by atoms with van der Waals surface area (Å²) < 4.78 is 0. The van der Waals surface area contributed by atoms with Gasteiger partial charge in [0.25, 0.3) is 0 Å². The monoisotopic (exact) mass is 275 g/mol. The molecule has 1 aromatic rings. The van der Waals surface area contributed by atoms with Crippen LogP contribution in [0.4, 0.5) is 5.82 Å². The van der Waals surface area contributed by atoms with Crippen molar-refractivity contribution in [2.75, 3.05) is 11.4 Å². The first kappa shape index (κ1) is 15.3. The molecule has 0 amide bonds. The molecule has 2 heterocycles. The molecular weight excluding hydrogens is 246 g/mol. The third-order valence-electron chi connectivity index (χ3n) is 4.21. The molecule has 3 heteroatoms. The Hall–Kier alpha value is -1.09. The Labute approximate surface area is 123 Å². The van der Waals surface area contributed by atoms with Crippen molar-refractivity contribution in [3.8, 4) is 0 Å². The van der Waals surface area contributed by atoms with Crippen molar-refractivity contribution in [3.05, 3.63) is 23.4 Å². The van der Waals surface area contributed by atoms with Gasteiger partial charge in [0.05, 0.1) is 0 Å². The van der Waals surface area contributed by atoms with Gasteiger partial charge in [-0.15, -0.1) is 0 Å². The Morgan fingerprint density at radius 3 is 2.75 bits per heavy atom. The lowest BCUT2D eigenvalue weighted by Crippen LogP contribution is -2.42. The summed E-state index contributed by atoms with van der Waals surface area (Å²) in [5, 5.41) is 3.45. The first-order valence-corrected chi connectivity index (χ1v) is 7.93. The summed E-state index contributed by atoms with van der Waals surface area (Å²) in [4.78, 5) is 7.24. The van der Waals surface area contributed by atoms with Gasteiger partial charge in [-0.05, 0) is 49.8 Å². The number of anilines is 1. The van der Waals surface area contributed by atoms with Gasteiger partial charge < -0.3 is 10.2 Å². The van der Waals surface area contributed by atoms with Gasteiger partial charge in [0.1, 0.15) is 5.82 Å². The van der Waals surface area contributed by atoms with E-state index in [0.29, 0.717) is 12.1 Å². The summed E-state index contributed by atoms with van der Waals surface area (Å²) in [7, 11) is 0. The van der Waals surface area contributed by atoms with Crippen LogP contribution >= 0.6 is 0 Å². The fourth-order valence-electron chi connectivity index (χ4n) is 2.93. The highest BCUT2D eigenvalue weighted by Gasteiger charge is 2.24. The van der Waals surface area contributed by atoms with Crippen molar-refractivity contribution < 1.29 is 0 Å². The van der Waals surface area contributed by atoms with Gasteiger partial charge in [-0.2, -0.15) is 0 Å². The van der Waals surface area contributed by atoms with E-state index in [1.54, 1.807) is 0 Å². The van der Waals surface area contributed by atoms with Crippen molar-refractivity contribution in [1.29, 1.82) is 0 Å². The van der Waals surface area contributed by atoms with Gasteiger partial charge in [-0.1, -0.05) is 20.8 Å². The summed E-state index contributed by atoms with van der Waals surface area (Å²) in [6.07, 6.45) is 4.65. The molecule has 1 N–H and O–H groups in total. The van der Waals surface area contributed by atoms with Gasteiger partial charge in [0, 0.05) is 31.4 Å². The quantitative estimate of drug-likeness (QED) is 0.911. The number of aromatic nitrogens is 1. The van der Waals surface area contributed by atoms with Crippen molar-refractivity contribution in [2.45, 2.75) is 66.1 Å². The van der Waals surface area contributed by atoms with Crippen LogP contribution in [0.25, 0.3) is 0 Å². The highest BCUT2D eigenvalue weighted by atomic mass is 15.2. The predicted octanol–water partition coefficient (Wildman–Crippen LogP) is 3.51. The smallest absolute Gasteiger partial charge is 0.131 e. The fourth-order valence-corrected chi connectivity index (χ4v) is 2.93. The van der Waals surface area contributed by atoms with Crippen LogP contribution in [0.15, 0.2) is 12.3 Å². The highest BCUT2D eigenvalue weighted by molar-refractivity contribution is 5.48. The molecule has 1 aromatic heterocycles. The number of rotatable bonds is 4. The number of nitrogens with one attached hydrogen (secondary N) is 1. The topological polar surface area (TPSA) is 28.2 Å². The minimum absolute atomic E-state index is 0.512. The van der Waals surface area contributed by atoms with Gasteiger partial charge in [0.15, 0.2) is 0 Å². The summed E-state index contributed by atoms with van der Waals surface area (Å²) >= 11 is 0. The van der Waals surface area contributed by atoms with Crippen molar-refractivity contribution >= 4 is 5.82 Å². The second-order valence-corrected chi connectivity index (χ2v) is 6.70. The molecule has 1 aliphatic heterocycles. The lowest BCUT2D eigenvalue weighted by Gasteiger charge is -2.38. The van der Waals surface area contributed by atoms with Crippen LogP contribution in [0.5, 0.6) is 0 Å². The van der Waals surface area contributed by atoms with Crippen LogP contribution < -0.4 is 10.2 Å². The first-order chi connectivity index (χ1) is 9.47. The second-order valence-electron chi connectivity index (χ2n) is 6.70. The minimum Gasteiger partial charge on any atom is -0.353 e. The van der Waals surface area contributed by atoms with Gasteiger partial charge in [-0.25, -0.2) is 4.98 Å². The van der Waals surface area contributed by atoms with E-state index in [1.807, 2.05) is 6.20 Å². The molecule has 0 saturated carbocycles. The largest absolute Gasteiger partial charge is 0.353 e. The lowest BCUT2D eigenvalue weighted by atomic mass is 9.94. The summed E-state index contributed by atoms with van der Waals surface area (Å²) in [5.74, 6) is 1.95. The molecule has 0 bridgehead atoms. The summed E-state index contributed by atoms with van der Waals surface area (Å²) in [6.45, 7) is 13.2. The second kappa shape index (κ2) is 6.57. The van der Waals surface area contributed by atoms with Gasteiger partial charge >= 0.3 is 0 Å². The lowest BCUT2D eigenvalue weighted by molar-refractivity contribution is 0.387. The van der Waals surface area contributed by atoms with E-state index in [9.17, 15) is 0 Å². The van der Waals surface area contributed by atoms with Crippen LogP contribution in [-0.4, -0.2) is 23.6 Å². The van der Waals surface area contributed by atoms with E-state index in [2.05, 4.69) is 50.9 Å². The molecule has 1 saturated heterocycles. The zero-order valence-corrected chi connectivity index (χ0v) is 13.6. The highest BCUT2D eigenvalue weighted by Crippen LogP contribution is 2.28. The molecule has 2 unspecified atom stereocenters. The molecule has 0 aliphatic carbocycles. The normalized spacial score (nSPS) is 23.4. The standard InChI is InChI=1S/C17H29N3/c1-12(2)18-9-16-8-14(4)17(19-10-16)20-11-13(3)6-7-15(20)5/h8,10,12-13,15,18H,6-7,9,11H2,1-5H3. The number of aryl methyl sites for hydroxylation is 1. The Morgan fingerprint density at radius 2 is 2.10 bits per heavy atom.